The first-order chi connectivity index (χ1) is 10.9. The van der Waals surface area contributed by atoms with Crippen LogP contribution in [0.15, 0.2) is 99.6 Å². The number of ether oxygens (including phenoxy) is 1. The molecule has 0 fully saturated rings. The minimum atomic E-state index is -0.153. The summed E-state index contributed by atoms with van der Waals surface area (Å²) in [6, 6.07) is 29.6. The Labute approximate surface area is 134 Å². The van der Waals surface area contributed by atoms with Crippen LogP contribution in [0.25, 0.3) is 0 Å². The van der Waals surface area contributed by atoms with E-state index < -0.39 is 0 Å². The zero-order valence-corrected chi connectivity index (χ0v) is 13.4. The molecule has 0 bridgehead atoms. The molecule has 3 aromatic rings. The number of rotatable bonds is 5. The summed E-state index contributed by atoms with van der Waals surface area (Å²) in [6.07, 6.45) is 0. The third-order valence-corrected chi connectivity index (χ3v) is 5.59. The van der Waals surface area contributed by atoms with Crippen LogP contribution in [0.3, 0.4) is 0 Å². The lowest BCUT2D eigenvalue weighted by molar-refractivity contribution is 0.332. The molecule has 0 saturated carbocycles. The zero-order valence-electron chi connectivity index (χ0n) is 12.6. The molecule has 22 heavy (non-hydrogen) atoms. The first-order valence-corrected chi connectivity index (χ1v) is 8.69. The predicted molar refractivity (Wildman–Crippen MR) is 92.7 cm³/mol. The molecule has 0 aliphatic rings. The van der Waals surface area contributed by atoms with Crippen molar-refractivity contribution in [3.63, 3.8) is 0 Å². The topological polar surface area (TPSA) is 9.23 Å². The van der Waals surface area contributed by atoms with Crippen LogP contribution in [0.2, 0.25) is 0 Å². The second-order valence-electron chi connectivity index (χ2n) is 4.81. The van der Waals surface area contributed by atoms with Gasteiger partial charge in [-0.15, -0.1) is 0 Å². The van der Waals surface area contributed by atoms with Gasteiger partial charge in [-0.2, -0.15) is 0 Å². The molecular formula is C20H19OS+. The Morgan fingerprint density at radius 1 is 0.682 bits per heavy atom. The molecule has 110 valence electrons. The summed E-state index contributed by atoms with van der Waals surface area (Å²) in [5, 5.41) is 0. The Bertz CT molecular complexity index is 671. The molecule has 0 atom stereocenters. The molecule has 0 heterocycles. The molecule has 0 aliphatic carbocycles. The largest absolute Gasteiger partial charge is 0.489 e. The molecule has 3 rings (SSSR count). The number of hydrogen-bond donors (Lipinski definition) is 0. The number of benzene rings is 3. The molecule has 0 radical (unpaired) electrons. The van der Waals surface area contributed by atoms with E-state index >= 15 is 0 Å². The Balaban J connectivity index is 2.15. The van der Waals surface area contributed by atoms with Gasteiger partial charge >= 0.3 is 0 Å². The molecule has 0 spiro atoms. The average Bonchev–Trinajstić information content (AvgIpc) is 2.59. The van der Waals surface area contributed by atoms with Gasteiger partial charge in [-0.25, -0.2) is 0 Å². The lowest BCUT2D eigenvalue weighted by Crippen LogP contribution is -2.07. The van der Waals surface area contributed by atoms with Crippen LogP contribution in [-0.4, -0.2) is 6.61 Å². The highest BCUT2D eigenvalue weighted by atomic mass is 32.2. The summed E-state index contributed by atoms with van der Waals surface area (Å²) < 4.78 is 5.87. The average molecular weight is 307 g/mol. The van der Waals surface area contributed by atoms with Gasteiger partial charge in [0.1, 0.15) is 10.9 Å². The maximum atomic E-state index is 5.87. The molecule has 1 nitrogen and oxygen atoms in total. The Morgan fingerprint density at radius 2 is 1.18 bits per heavy atom. The summed E-state index contributed by atoms with van der Waals surface area (Å²) in [5.74, 6) is 0.973. The SMILES string of the molecule is CCOc1ccccc1[S+](c1ccccc1)c1ccccc1. The van der Waals surface area contributed by atoms with Crippen LogP contribution in [-0.2, 0) is 10.9 Å². The van der Waals surface area contributed by atoms with Crippen LogP contribution in [0.4, 0.5) is 0 Å². The number of para-hydroxylation sites is 1. The van der Waals surface area contributed by atoms with Gasteiger partial charge in [0, 0.05) is 0 Å². The van der Waals surface area contributed by atoms with Crippen molar-refractivity contribution in [2.45, 2.75) is 21.6 Å². The molecule has 2 heteroatoms. The minimum absolute atomic E-state index is 0.153. The van der Waals surface area contributed by atoms with Gasteiger partial charge in [0.05, 0.1) is 6.61 Å². The van der Waals surface area contributed by atoms with E-state index in [9.17, 15) is 0 Å². The normalized spacial score (nSPS) is 10.6. The quantitative estimate of drug-likeness (QED) is 0.590. The van der Waals surface area contributed by atoms with Crippen molar-refractivity contribution >= 4 is 10.9 Å². The van der Waals surface area contributed by atoms with Gasteiger partial charge in [-0.05, 0) is 43.3 Å². The third kappa shape index (κ3) is 3.18. The summed E-state index contributed by atoms with van der Waals surface area (Å²) in [7, 11) is -0.153. The fourth-order valence-electron chi connectivity index (χ4n) is 2.40. The highest BCUT2D eigenvalue weighted by Crippen LogP contribution is 2.36. The Kier molecular flexibility index (Phi) is 4.81. The molecule has 0 amide bonds. The lowest BCUT2D eigenvalue weighted by atomic mass is 10.3. The van der Waals surface area contributed by atoms with Crippen LogP contribution in [0.1, 0.15) is 6.92 Å². The van der Waals surface area contributed by atoms with E-state index in [0.29, 0.717) is 6.61 Å². The number of hydrogen-bond acceptors (Lipinski definition) is 1. The molecule has 3 aromatic carbocycles. The third-order valence-electron chi connectivity index (χ3n) is 3.33. The van der Waals surface area contributed by atoms with Gasteiger partial charge in [-0.3, -0.25) is 0 Å². The molecule has 0 unspecified atom stereocenters. The van der Waals surface area contributed by atoms with Crippen LogP contribution in [0.5, 0.6) is 5.75 Å². The monoisotopic (exact) mass is 307 g/mol. The second kappa shape index (κ2) is 7.19. The summed E-state index contributed by atoms with van der Waals surface area (Å²) >= 11 is 0. The highest BCUT2D eigenvalue weighted by Gasteiger charge is 2.31. The predicted octanol–water partition coefficient (Wildman–Crippen LogP) is 5.18. The van der Waals surface area contributed by atoms with Crippen LogP contribution >= 0.6 is 0 Å². The Hall–Kier alpha value is -2.19. The summed E-state index contributed by atoms with van der Waals surface area (Å²) in [4.78, 5) is 3.85. The first-order valence-electron chi connectivity index (χ1n) is 7.46. The molecule has 0 saturated heterocycles. The summed E-state index contributed by atoms with van der Waals surface area (Å²) in [6.45, 7) is 2.71. The van der Waals surface area contributed by atoms with E-state index in [1.54, 1.807) is 0 Å². The molecule has 0 aromatic heterocycles. The van der Waals surface area contributed by atoms with E-state index in [0.717, 1.165) is 5.75 Å². The highest BCUT2D eigenvalue weighted by molar-refractivity contribution is 7.97. The van der Waals surface area contributed by atoms with E-state index in [2.05, 4.69) is 78.9 Å². The van der Waals surface area contributed by atoms with Crippen molar-refractivity contribution in [3.8, 4) is 5.75 Å². The van der Waals surface area contributed by atoms with Gasteiger partial charge in [0.15, 0.2) is 15.5 Å². The van der Waals surface area contributed by atoms with Gasteiger partial charge in [0.2, 0.25) is 4.90 Å². The maximum absolute atomic E-state index is 5.87. The van der Waals surface area contributed by atoms with Crippen LogP contribution < -0.4 is 4.74 Å². The van der Waals surface area contributed by atoms with E-state index in [-0.39, 0.29) is 10.9 Å². The molecule has 0 aliphatic heterocycles. The fourth-order valence-corrected chi connectivity index (χ4v) is 4.58. The van der Waals surface area contributed by atoms with E-state index in [1.807, 2.05) is 13.0 Å². The Morgan fingerprint density at radius 3 is 1.73 bits per heavy atom. The van der Waals surface area contributed by atoms with Crippen molar-refractivity contribution in [1.29, 1.82) is 0 Å². The van der Waals surface area contributed by atoms with Crippen molar-refractivity contribution in [2.75, 3.05) is 6.61 Å². The van der Waals surface area contributed by atoms with Crippen LogP contribution in [0, 0.1) is 0 Å². The second-order valence-corrected chi connectivity index (χ2v) is 6.81. The maximum Gasteiger partial charge on any atom is 0.208 e. The van der Waals surface area contributed by atoms with Gasteiger partial charge in [0.25, 0.3) is 0 Å². The summed E-state index contributed by atoms with van der Waals surface area (Å²) in [5.41, 5.74) is 0. The van der Waals surface area contributed by atoms with Crippen molar-refractivity contribution < 1.29 is 4.74 Å². The van der Waals surface area contributed by atoms with Crippen molar-refractivity contribution in [1.82, 2.24) is 0 Å². The zero-order chi connectivity index (χ0) is 15.2. The minimum Gasteiger partial charge on any atom is -0.489 e. The van der Waals surface area contributed by atoms with Crippen molar-refractivity contribution in [2.24, 2.45) is 0 Å². The molecule has 0 N–H and O–H groups in total. The van der Waals surface area contributed by atoms with E-state index in [1.165, 1.54) is 14.7 Å². The first kappa shape index (κ1) is 14.7. The smallest absolute Gasteiger partial charge is 0.208 e. The fraction of sp³-hybridized carbons (Fsp3) is 0.100. The molecular weight excluding hydrogens is 288 g/mol. The standard InChI is InChI=1S/C20H19OS/c1-2-21-19-15-9-10-16-20(19)22(17-11-5-3-6-12-17)18-13-7-4-8-14-18/h3-16H,2H2,1H3/q+1. The van der Waals surface area contributed by atoms with Gasteiger partial charge < -0.3 is 4.74 Å². The lowest BCUT2D eigenvalue weighted by Gasteiger charge is -2.11. The van der Waals surface area contributed by atoms with E-state index in [4.69, 9.17) is 4.74 Å². The van der Waals surface area contributed by atoms with Gasteiger partial charge in [-0.1, -0.05) is 48.5 Å². The van der Waals surface area contributed by atoms with Crippen molar-refractivity contribution in [3.05, 3.63) is 84.9 Å².